The average molecular weight is 294 g/mol. The number of ether oxygens (including phenoxy) is 1. The number of amidine groups is 2. The summed E-state index contributed by atoms with van der Waals surface area (Å²) >= 11 is 0. The van der Waals surface area contributed by atoms with Gasteiger partial charge < -0.3 is 4.74 Å². The summed E-state index contributed by atoms with van der Waals surface area (Å²) in [5.41, 5.74) is 2.03. The summed E-state index contributed by atoms with van der Waals surface area (Å²) in [5.74, 6) is 2.44. The van der Waals surface area contributed by atoms with Gasteiger partial charge in [-0.05, 0) is 24.3 Å². The standard InChI is InChI=1S/C17H18N4O/c1-20-16(13-7-5-4-6-8-13)18-19-17(21(20)2)14-9-11-15(22-3)12-10-14/h4-12H,1-3H3. The van der Waals surface area contributed by atoms with Crippen LogP contribution in [0.15, 0.2) is 64.8 Å². The summed E-state index contributed by atoms with van der Waals surface area (Å²) < 4.78 is 5.19. The lowest BCUT2D eigenvalue weighted by atomic mass is 10.2. The maximum Gasteiger partial charge on any atom is 0.176 e. The van der Waals surface area contributed by atoms with Crippen molar-refractivity contribution in [2.24, 2.45) is 10.2 Å². The van der Waals surface area contributed by atoms with Crippen LogP contribution in [0.25, 0.3) is 0 Å². The van der Waals surface area contributed by atoms with Crippen LogP contribution in [0, 0.1) is 0 Å². The Balaban J connectivity index is 1.96. The monoisotopic (exact) mass is 294 g/mol. The second-order valence-electron chi connectivity index (χ2n) is 4.99. The van der Waals surface area contributed by atoms with E-state index in [1.54, 1.807) is 7.11 Å². The van der Waals surface area contributed by atoms with Gasteiger partial charge in [0, 0.05) is 25.2 Å². The van der Waals surface area contributed by atoms with Crippen LogP contribution >= 0.6 is 0 Å². The van der Waals surface area contributed by atoms with Crippen molar-refractivity contribution in [3.63, 3.8) is 0 Å². The summed E-state index contributed by atoms with van der Waals surface area (Å²) in [5, 5.41) is 12.8. The average Bonchev–Trinajstić information content (AvgIpc) is 2.58. The van der Waals surface area contributed by atoms with Crippen LogP contribution in [-0.4, -0.2) is 42.9 Å². The van der Waals surface area contributed by atoms with Gasteiger partial charge >= 0.3 is 0 Å². The Labute approximate surface area is 130 Å². The van der Waals surface area contributed by atoms with E-state index in [4.69, 9.17) is 4.74 Å². The molecule has 1 aliphatic heterocycles. The maximum atomic E-state index is 5.19. The molecule has 0 aliphatic carbocycles. The van der Waals surface area contributed by atoms with Crippen molar-refractivity contribution in [2.75, 3.05) is 21.2 Å². The van der Waals surface area contributed by atoms with Gasteiger partial charge in [-0.2, -0.15) is 0 Å². The minimum Gasteiger partial charge on any atom is -0.497 e. The first-order chi connectivity index (χ1) is 10.7. The molecule has 22 heavy (non-hydrogen) atoms. The molecule has 0 radical (unpaired) electrons. The molecule has 5 heteroatoms. The van der Waals surface area contributed by atoms with Gasteiger partial charge in [-0.25, -0.2) is 0 Å². The first kappa shape index (κ1) is 14.1. The van der Waals surface area contributed by atoms with Crippen molar-refractivity contribution >= 4 is 11.7 Å². The first-order valence-corrected chi connectivity index (χ1v) is 7.03. The minimum atomic E-state index is 0.796. The van der Waals surface area contributed by atoms with E-state index in [1.807, 2.05) is 78.7 Å². The fourth-order valence-corrected chi connectivity index (χ4v) is 2.32. The zero-order valence-electron chi connectivity index (χ0n) is 12.9. The summed E-state index contributed by atoms with van der Waals surface area (Å²) in [6, 6.07) is 17.8. The van der Waals surface area contributed by atoms with Crippen molar-refractivity contribution in [1.29, 1.82) is 0 Å². The molecule has 2 aromatic rings. The molecular formula is C17H18N4O. The molecular weight excluding hydrogens is 276 g/mol. The van der Waals surface area contributed by atoms with Gasteiger partial charge in [-0.3, -0.25) is 10.0 Å². The van der Waals surface area contributed by atoms with Gasteiger partial charge in [-0.1, -0.05) is 30.3 Å². The lowest BCUT2D eigenvalue weighted by molar-refractivity contribution is 0.201. The molecule has 0 spiro atoms. The summed E-state index contributed by atoms with van der Waals surface area (Å²) in [4.78, 5) is 0. The number of benzene rings is 2. The van der Waals surface area contributed by atoms with Gasteiger partial charge in [0.05, 0.1) is 7.11 Å². The maximum absolute atomic E-state index is 5.19. The Morgan fingerprint density at radius 3 is 1.73 bits per heavy atom. The third kappa shape index (κ3) is 2.53. The van der Waals surface area contributed by atoms with E-state index in [2.05, 4.69) is 10.2 Å². The Morgan fingerprint density at radius 2 is 1.23 bits per heavy atom. The molecule has 0 saturated carbocycles. The van der Waals surface area contributed by atoms with Crippen molar-refractivity contribution in [3.8, 4) is 5.75 Å². The highest BCUT2D eigenvalue weighted by Gasteiger charge is 2.22. The SMILES string of the molecule is COc1ccc(C2=NN=C(c3ccccc3)N(C)N2C)cc1. The Bertz CT molecular complexity index is 707. The quantitative estimate of drug-likeness (QED) is 0.873. The lowest BCUT2D eigenvalue weighted by Gasteiger charge is -2.35. The van der Waals surface area contributed by atoms with Crippen LogP contribution in [-0.2, 0) is 0 Å². The van der Waals surface area contributed by atoms with Gasteiger partial charge in [0.15, 0.2) is 11.7 Å². The second kappa shape index (κ2) is 5.89. The van der Waals surface area contributed by atoms with E-state index in [0.717, 1.165) is 28.5 Å². The molecule has 1 aliphatic rings. The molecule has 3 rings (SSSR count). The third-order valence-corrected chi connectivity index (χ3v) is 3.68. The van der Waals surface area contributed by atoms with Gasteiger partial charge in [0.1, 0.15) is 5.75 Å². The van der Waals surface area contributed by atoms with Gasteiger partial charge in [0.25, 0.3) is 0 Å². The van der Waals surface area contributed by atoms with Crippen LogP contribution in [0.3, 0.4) is 0 Å². The summed E-state index contributed by atoms with van der Waals surface area (Å²) in [6.45, 7) is 0. The number of hydrazine groups is 1. The Hall–Kier alpha value is -2.82. The summed E-state index contributed by atoms with van der Waals surface area (Å²) in [6.07, 6.45) is 0. The second-order valence-corrected chi connectivity index (χ2v) is 4.99. The number of hydrogen-bond acceptors (Lipinski definition) is 5. The molecule has 0 atom stereocenters. The normalized spacial score (nSPS) is 14.5. The third-order valence-electron chi connectivity index (χ3n) is 3.68. The lowest BCUT2D eigenvalue weighted by Crippen LogP contribution is -2.47. The zero-order chi connectivity index (χ0) is 15.5. The number of hydrogen-bond donors (Lipinski definition) is 0. The Morgan fingerprint density at radius 1 is 0.727 bits per heavy atom. The number of nitrogens with zero attached hydrogens (tertiary/aromatic N) is 4. The largest absolute Gasteiger partial charge is 0.497 e. The van der Waals surface area contributed by atoms with Gasteiger partial charge in [0.2, 0.25) is 0 Å². The first-order valence-electron chi connectivity index (χ1n) is 7.03. The van der Waals surface area contributed by atoms with Crippen LogP contribution < -0.4 is 4.74 Å². The topological polar surface area (TPSA) is 40.4 Å². The van der Waals surface area contributed by atoms with Crippen molar-refractivity contribution in [1.82, 2.24) is 10.0 Å². The molecule has 0 unspecified atom stereocenters. The fraction of sp³-hybridized carbons (Fsp3) is 0.176. The highest BCUT2D eigenvalue weighted by atomic mass is 16.5. The van der Waals surface area contributed by atoms with E-state index in [1.165, 1.54) is 0 Å². The molecule has 0 amide bonds. The fourth-order valence-electron chi connectivity index (χ4n) is 2.32. The molecule has 112 valence electrons. The molecule has 0 N–H and O–H groups in total. The predicted octanol–water partition coefficient (Wildman–Crippen LogP) is 2.60. The highest BCUT2D eigenvalue weighted by Crippen LogP contribution is 2.18. The number of methoxy groups -OCH3 is 1. The van der Waals surface area contributed by atoms with Crippen molar-refractivity contribution < 1.29 is 4.74 Å². The van der Waals surface area contributed by atoms with E-state index < -0.39 is 0 Å². The van der Waals surface area contributed by atoms with E-state index >= 15 is 0 Å². The molecule has 0 saturated heterocycles. The molecule has 2 aromatic carbocycles. The van der Waals surface area contributed by atoms with Crippen LogP contribution in [0.2, 0.25) is 0 Å². The zero-order valence-corrected chi connectivity index (χ0v) is 12.9. The van der Waals surface area contributed by atoms with Crippen LogP contribution in [0.4, 0.5) is 0 Å². The van der Waals surface area contributed by atoms with E-state index in [0.29, 0.717) is 0 Å². The van der Waals surface area contributed by atoms with Crippen molar-refractivity contribution in [2.45, 2.75) is 0 Å². The molecule has 5 nitrogen and oxygen atoms in total. The molecule has 0 fully saturated rings. The molecule has 0 bridgehead atoms. The van der Waals surface area contributed by atoms with Gasteiger partial charge in [-0.15, -0.1) is 10.2 Å². The van der Waals surface area contributed by atoms with Crippen molar-refractivity contribution in [3.05, 3.63) is 65.7 Å². The van der Waals surface area contributed by atoms with Crippen LogP contribution in [0.1, 0.15) is 11.1 Å². The predicted molar refractivity (Wildman–Crippen MR) is 88.0 cm³/mol. The number of rotatable bonds is 3. The smallest absolute Gasteiger partial charge is 0.176 e. The molecule has 0 aromatic heterocycles. The summed E-state index contributed by atoms with van der Waals surface area (Å²) in [7, 11) is 5.61. The molecule has 1 heterocycles. The van der Waals surface area contributed by atoms with Crippen LogP contribution in [0.5, 0.6) is 5.75 Å². The Kier molecular flexibility index (Phi) is 3.78. The van der Waals surface area contributed by atoms with E-state index in [-0.39, 0.29) is 0 Å². The van der Waals surface area contributed by atoms with E-state index in [9.17, 15) is 0 Å². The highest BCUT2D eigenvalue weighted by molar-refractivity contribution is 6.05. The minimum absolute atomic E-state index is 0.796.